The third-order valence-corrected chi connectivity index (χ3v) is 3.36. The van der Waals surface area contributed by atoms with Crippen molar-refractivity contribution in [2.75, 3.05) is 5.73 Å². The SMILES string of the molecule is Nc1ccc(Oc2ccn3nccc3n2)c2ccccc12. The first kappa shape index (κ1) is 11.7. The van der Waals surface area contributed by atoms with Gasteiger partial charge in [0.15, 0.2) is 5.65 Å². The predicted octanol–water partition coefficient (Wildman–Crippen LogP) is 3.26. The van der Waals surface area contributed by atoms with Crippen molar-refractivity contribution >= 4 is 22.1 Å². The van der Waals surface area contributed by atoms with E-state index < -0.39 is 0 Å². The topological polar surface area (TPSA) is 65.4 Å². The fraction of sp³-hybridized carbons (Fsp3) is 0. The molecule has 0 atom stereocenters. The molecule has 0 aliphatic carbocycles. The first-order valence-corrected chi connectivity index (χ1v) is 6.57. The van der Waals surface area contributed by atoms with Gasteiger partial charge in [0.25, 0.3) is 0 Å². The van der Waals surface area contributed by atoms with Crippen LogP contribution in [0.4, 0.5) is 5.69 Å². The monoisotopic (exact) mass is 276 g/mol. The van der Waals surface area contributed by atoms with Crippen molar-refractivity contribution in [1.82, 2.24) is 14.6 Å². The second-order valence-electron chi connectivity index (χ2n) is 4.70. The summed E-state index contributed by atoms with van der Waals surface area (Å²) in [6, 6.07) is 15.2. The number of fused-ring (bicyclic) bond motifs is 2. The van der Waals surface area contributed by atoms with Gasteiger partial charge in [-0.2, -0.15) is 10.1 Å². The lowest BCUT2D eigenvalue weighted by Gasteiger charge is -2.09. The van der Waals surface area contributed by atoms with Crippen LogP contribution in [-0.2, 0) is 0 Å². The van der Waals surface area contributed by atoms with Gasteiger partial charge in [0.1, 0.15) is 5.75 Å². The Morgan fingerprint density at radius 3 is 2.71 bits per heavy atom. The van der Waals surface area contributed by atoms with Crippen LogP contribution in [0.25, 0.3) is 16.4 Å². The third kappa shape index (κ3) is 1.95. The van der Waals surface area contributed by atoms with Crippen LogP contribution in [0, 0.1) is 0 Å². The Morgan fingerprint density at radius 1 is 0.952 bits per heavy atom. The number of hydrogen-bond donors (Lipinski definition) is 1. The Hall–Kier alpha value is -3.08. The van der Waals surface area contributed by atoms with E-state index in [2.05, 4.69) is 10.1 Å². The maximum absolute atomic E-state index is 6.00. The Morgan fingerprint density at radius 2 is 1.81 bits per heavy atom. The second kappa shape index (κ2) is 4.49. The van der Waals surface area contributed by atoms with Gasteiger partial charge >= 0.3 is 0 Å². The molecule has 0 fully saturated rings. The number of nitrogens with zero attached hydrogens (tertiary/aromatic N) is 3. The predicted molar refractivity (Wildman–Crippen MR) is 81.4 cm³/mol. The maximum atomic E-state index is 6.00. The van der Waals surface area contributed by atoms with Crippen molar-refractivity contribution in [3.8, 4) is 11.6 Å². The number of nitrogen functional groups attached to an aromatic ring is 1. The Bertz CT molecular complexity index is 945. The number of benzene rings is 2. The molecular weight excluding hydrogens is 264 g/mol. The number of aromatic nitrogens is 3. The molecule has 4 aromatic rings. The van der Waals surface area contributed by atoms with Crippen LogP contribution < -0.4 is 10.5 Å². The van der Waals surface area contributed by atoms with E-state index >= 15 is 0 Å². The number of ether oxygens (including phenoxy) is 1. The Labute approximate surface area is 120 Å². The highest BCUT2D eigenvalue weighted by Gasteiger charge is 2.07. The minimum absolute atomic E-state index is 0.526. The molecule has 0 aliphatic rings. The van der Waals surface area contributed by atoms with Crippen molar-refractivity contribution < 1.29 is 4.74 Å². The number of nitrogens with two attached hydrogens (primary N) is 1. The fourth-order valence-electron chi connectivity index (χ4n) is 2.35. The molecule has 0 unspecified atom stereocenters. The molecule has 0 saturated heterocycles. The molecule has 5 heteroatoms. The Kier molecular flexibility index (Phi) is 2.50. The lowest BCUT2D eigenvalue weighted by Crippen LogP contribution is -1.94. The average Bonchev–Trinajstić information content (AvgIpc) is 2.98. The quantitative estimate of drug-likeness (QED) is 0.571. The standard InChI is InChI=1S/C16H12N4O/c17-13-5-6-14(12-4-2-1-3-11(12)13)21-16-8-10-20-15(19-16)7-9-18-20/h1-10H,17H2. The van der Waals surface area contributed by atoms with Crippen LogP contribution in [0.15, 0.2) is 60.9 Å². The molecule has 4 rings (SSSR count). The molecule has 2 N–H and O–H groups in total. The van der Waals surface area contributed by atoms with Gasteiger partial charge in [-0.1, -0.05) is 24.3 Å². The summed E-state index contributed by atoms with van der Waals surface area (Å²) >= 11 is 0. The van der Waals surface area contributed by atoms with Crippen molar-refractivity contribution in [1.29, 1.82) is 0 Å². The van der Waals surface area contributed by atoms with Crippen LogP contribution >= 0.6 is 0 Å². The van der Waals surface area contributed by atoms with Gasteiger partial charge in [-0.05, 0) is 12.1 Å². The lowest BCUT2D eigenvalue weighted by atomic mass is 10.1. The largest absolute Gasteiger partial charge is 0.438 e. The number of rotatable bonds is 2. The normalized spacial score (nSPS) is 11.0. The smallest absolute Gasteiger partial charge is 0.222 e. The van der Waals surface area contributed by atoms with E-state index in [1.807, 2.05) is 48.7 Å². The molecule has 0 amide bonds. The molecule has 0 saturated carbocycles. The summed E-state index contributed by atoms with van der Waals surface area (Å²) in [6.07, 6.45) is 3.52. The molecule has 0 bridgehead atoms. The summed E-state index contributed by atoms with van der Waals surface area (Å²) in [4.78, 5) is 4.41. The third-order valence-electron chi connectivity index (χ3n) is 3.36. The van der Waals surface area contributed by atoms with Crippen molar-refractivity contribution in [2.45, 2.75) is 0 Å². The molecule has 0 radical (unpaired) electrons. The van der Waals surface area contributed by atoms with E-state index in [1.54, 1.807) is 16.8 Å². The molecule has 0 spiro atoms. The van der Waals surface area contributed by atoms with Crippen molar-refractivity contribution in [3.05, 3.63) is 60.9 Å². The van der Waals surface area contributed by atoms with E-state index in [1.165, 1.54) is 0 Å². The van der Waals surface area contributed by atoms with Gasteiger partial charge in [-0.25, -0.2) is 4.52 Å². The summed E-state index contributed by atoms with van der Waals surface area (Å²) in [7, 11) is 0. The summed E-state index contributed by atoms with van der Waals surface area (Å²) in [5.74, 6) is 1.26. The first-order valence-electron chi connectivity index (χ1n) is 6.57. The highest BCUT2D eigenvalue weighted by molar-refractivity contribution is 5.97. The van der Waals surface area contributed by atoms with E-state index in [0.29, 0.717) is 5.88 Å². The molecule has 2 aromatic heterocycles. The van der Waals surface area contributed by atoms with Gasteiger partial charge in [0, 0.05) is 34.8 Å². The fourth-order valence-corrected chi connectivity index (χ4v) is 2.35. The van der Waals surface area contributed by atoms with Crippen LogP contribution in [-0.4, -0.2) is 14.6 Å². The van der Waals surface area contributed by atoms with Gasteiger partial charge in [0.2, 0.25) is 5.88 Å². The molecule has 21 heavy (non-hydrogen) atoms. The molecular formula is C16H12N4O. The van der Waals surface area contributed by atoms with Crippen molar-refractivity contribution in [3.63, 3.8) is 0 Å². The van der Waals surface area contributed by atoms with Crippen LogP contribution in [0.5, 0.6) is 11.6 Å². The lowest BCUT2D eigenvalue weighted by molar-refractivity contribution is 0.468. The summed E-state index contributed by atoms with van der Waals surface area (Å²) in [6.45, 7) is 0. The zero-order chi connectivity index (χ0) is 14.2. The van der Waals surface area contributed by atoms with E-state index in [-0.39, 0.29) is 0 Å². The minimum Gasteiger partial charge on any atom is -0.438 e. The van der Waals surface area contributed by atoms with Crippen molar-refractivity contribution in [2.24, 2.45) is 0 Å². The molecule has 2 heterocycles. The van der Waals surface area contributed by atoms with E-state index in [4.69, 9.17) is 10.5 Å². The number of anilines is 1. The Balaban J connectivity index is 1.81. The second-order valence-corrected chi connectivity index (χ2v) is 4.70. The molecule has 0 aliphatic heterocycles. The van der Waals surface area contributed by atoms with E-state index in [0.717, 1.165) is 27.9 Å². The van der Waals surface area contributed by atoms with Crippen LogP contribution in [0.3, 0.4) is 0 Å². The van der Waals surface area contributed by atoms with Gasteiger partial charge in [0.05, 0.1) is 6.20 Å². The molecule has 102 valence electrons. The maximum Gasteiger partial charge on any atom is 0.222 e. The number of hydrogen-bond acceptors (Lipinski definition) is 4. The first-order chi connectivity index (χ1) is 10.3. The van der Waals surface area contributed by atoms with Gasteiger partial charge in [-0.15, -0.1) is 0 Å². The van der Waals surface area contributed by atoms with Gasteiger partial charge < -0.3 is 10.5 Å². The molecule has 2 aromatic carbocycles. The summed E-state index contributed by atoms with van der Waals surface area (Å²) in [5, 5.41) is 6.05. The highest BCUT2D eigenvalue weighted by atomic mass is 16.5. The van der Waals surface area contributed by atoms with E-state index in [9.17, 15) is 0 Å². The summed E-state index contributed by atoms with van der Waals surface area (Å²) < 4.78 is 7.60. The average molecular weight is 276 g/mol. The molecule has 5 nitrogen and oxygen atoms in total. The minimum atomic E-state index is 0.526. The van der Waals surface area contributed by atoms with Crippen LogP contribution in [0.2, 0.25) is 0 Å². The zero-order valence-electron chi connectivity index (χ0n) is 11.1. The summed E-state index contributed by atoms with van der Waals surface area (Å²) in [5.41, 5.74) is 7.47. The highest BCUT2D eigenvalue weighted by Crippen LogP contribution is 2.32. The van der Waals surface area contributed by atoms with Crippen LogP contribution in [0.1, 0.15) is 0 Å². The van der Waals surface area contributed by atoms with Gasteiger partial charge in [-0.3, -0.25) is 0 Å². The zero-order valence-corrected chi connectivity index (χ0v) is 11.1.